The minimum absolute atomic E-state index is 0.568. The lowest BCUT2D eigenvalue weighted by Gasteiger charge is -2.04. The molecule has 0 N–H and O–H groups in total. The smallest absolute Gasteiger partial charge is 0.181 e. The van der Waals surface area contributed by atoms with Crippen LogP contribution in [0.25, 0.3) is 11.3 Å². The Bertz CT molecular complexity index is 387. The summed E-state index contributed by atoms with van der Waals surface area (Å²) in [5.74, 6) is 1.39. The molecule has 72 valence electrons. The zero-order chi connectivity index (χ0) is 9.97. The van der Waals surface area contributed by atoms with Crippen molar-refractivity contribution in [3.8, 4) is 11.3 Å². The van der Waals surface area contributed by atoms with Crippen LogP contribution in [0.4, 0.5) is 0 Å². The third-order valence-corrected chi connectivity index (χ3v) is 2.29. The molecule has 0 aliphatic rings. The largest absolute Gasteiger partial charge is 0.444 e. The van der Waals surface area contributed by atoms with Gasteiger partial charge in [0.1, 0.15) is 0 Å². The highest BCUT2D eigenvalue weighted by Gasteiger charge is 2.02. The average molecular weight is 187 g/mol. The maximum Gasteiger partial charge on any atom is 0.181 e. The summed E-state index contributed by atoms with van der Waals surface area (Å²) in [7, 11) is 0. The molecule has 0 bridgehead atoms. The van der Waals surface area contributed by atoms with Gasteiger partial charge in [0.2, 0.25) is 0 Å². The number of rotatable bonds is 2. The molecule has 0 saturated carbocycles. The van der Waals surface area contributed by atoms with E-state index in [1.807, 2.05) is 0 Å². The summed E-state index contributed by atoms with van der Waals surface area (Å²) in [4.78, 5) is 3.89. The molecule has 1 aromatic carbocycles. The standard InChI is InChI=1S/C12H13NO/c1-9(2)10-3-5-11(6-4-10)12-7-13-8-14-12/h3-9H,1-2H3. The van der Waals surface area contributed by atoms with Gasteiger partial charge in [0, 0.05) is 5.56 Å². The van der Waals surface area contributed by atoms with E-state index in [1.165, 1.54) is 12.0 Å². The van der Waals surface area contributed by atoms with Gasteiger partial charge in [0.25, 0.3) is 0 Å². The van der Waals surface area contributed by atoms with E-state index in [1.54, 1.807) is 6.20 Å². The van der Waals surface area contributed by atoms with Crippen LogP contribution in [0.2, 0.25) is 0 Å². The molecule has 2 aromatic rings. The van der Waals surface area contributed by atoms with Crippen LogP contribution in [0.5, 0.6) is 0 Å². The normalized spacial score (nSPS) is 10.8. The van der Waals surface area contributed by atoms with E-state index in [0.717, 1.165) is 11.3 Å². The van der Waals surface area contributed by atoms with E-state index in [-0.39, 0.29) is 0 Å². The summed E-state index contributed by atoms with van der Waals surface area (Å²) in [5.41, 5.74) is 2.42. The maximum absolute atomic E-state index is 5.21. The van der Waals surface area contributed by atoms with Gasteiger partial charge in [-0.1, -0.05) is 38.1 Å². The Hall–Kier alpha value is -1.57. The Kier molecular flexibility index (Phi) is 2.35. The number of hydrogen-bond donors (Lipinski definition) is 0. The summed E-state index contributed by atoms with van der Waals surface area (Å²) in [6.45, 7) is 4.37. The predicted molar refractivity (Wildman–Crippen MR) is 56.0 cm³/mol. The van der Waals surface area contributed by atoms with Crippen molar-refractivity contribution < 1.29 is 4.42 Å². The predicted octanol–water partition coefficient (Wildman–Crippen LogP) is 3.47. The van der Waals surface area contributed by atoms with Crippen molar-refractivity contribution in [3.05, 3.63) is 42.4 Å². The lowest BCUT2D eigenvalue weighted by atomic mass is 10.0. The van der Waals surface area contributed by atoms with Crippen LogP contribution in [0.3, 0.4) is 0 Å². The average Bonchev–Trinajstić information content (AvgIpc) is 2.71. The third kappa shape index (κ3) is 1.69. The van der Waals surface area contributed by atoms with Crippen LogP contribution in [0, 0.1) is 0 Å². The monoisotopic (exact) mass is 187 g/mol. The first-order valence-electron chi connectivity index (χ1n) is 4.76. The van der Waals surface area contributed by atoms with E-state index in [2.05, 4.69) is 43.1 Å². The minimum atomic E-state index is 0.568. The number of aromatic nitrogens is 1. The van der Waals surface area contributed by atoms with Crippen molar-refractivity contribution in [1.29, 1.82) is 0 Å². The Labute approximate surface area is 83.6 Å². The van der Waals surface area contributed by atoms with Gasteiger partial charge in [-0.25, -0.2) is 4.98 Å². The molecular weight excluding hydrogens is 174 g/mol. The molecule has 2 rings (SSSR count). The van der Waals surface area contributed by atoms with Crippen molar-refractivity contribution in [2.24, 2.45) is 0 Å². The lowest BCUT2D eigenvalue weighted by molar-refractivity contribution is 0.572. The number of nitrogens with zero attached hydrogens (tertiary/aromatic N) is 1. The first-order chi connectivity index (χ1) is 6.77. The number of hydrogen-bond acceptors (Lipinski definition) is 2. The minimum Gasteiger partial charge on any atom is -0.444 e. The Morgan fingerprint density at radius 2 is 1.86 bits per heavy atom. The zero-order valence-electron chi connectivity index (χ0n) is 8.40. The number of oxazole rings is 1. The molecule has 14 heavy (non-hydrogen) atoms. The Morgan fingerprint density at radius 3 is 2.36 bits per heavy atom. The van der Waals surface area contributed by atoms with Gasteiger partial charge in [-0.05, 0) is 11.5 Å². The fourth-order valence-corrected chi connectivity index (χ4v) is 1.39. The molecule has 0 radical (unpaired) electrons. The lowest BCUT2D eigenvalue weighted by Crippen LogP contribution is -1.85. The van der Waals surface area contributed by atoms with Crippen LogP contribution < -0.4 is 0 Å². The first-order valence-corrected chi connectivity index (χ1v) is 4.76. The maximum atomic E-state index is 5.21. The molecule has 0 aliphatic heterocycles. The molecule has 1 heterocycles. The van der Waals surface area contributed by atoms with E-state index < -0.39 is 0 Å². The Balaban J connectivity index is 2.31. The molecule has 0 aliphatic carbocycles. The van der Waals surface area contributed by atoms with E-state index in [9.17, 15) is 0 Å². The molecule has 0 saturated heterocycles. The van der Waals surface area contributed by atoms with Gasteiger partial charge >= 0.3 is 0 Å². The van der Waals surface area contributed by atoms with Crippen LogP contribution in [-0.4, -0.2) is 4.98 Å². The topological polar surface area (TPSA) is 26.0 Å². The van der Waals surface area contributed by atoms with Crippen molar-refractivity contribution in [2.45, 2.75) is 19.8 Å². The molecule has 0 fully saturated rings. The summed E-state index contributed by atoms with van der Waals surface area (Å²) in [6.07, 6.45) is 3.18. The van der Waals surface area contributed by atoms with Gasteiger partial charge in [-0.15, -0.1) is 0 Å². The summed E-state index contributed by atoms with van der Waals surface area (Å²) in [6, 6.07) is 8.39. The van der Waals surface area contributed by atoms with Gasteiger partial charge < -0.3 is 4.42 Å². The quantitative estimate of drug-likeness (QED) is 0.719. The highest BCUT2D eigenvalue weighted by atomic mass is 16.3. The fraction of sp³-hybridized carbons (Fsp3) is 0.250. The van der Waals surface area contributed by atoms with E-state index in [4.69, 9.17) is 4.42 Å². The van der Waals surface area contributed by atoms with Crippen LogP contribution in [-0.2, 0) is 0 Å². The highest BCUT2D eigenvalue weighted by molar-refractivity contribution is 5.56. The Morgan fingerprint density at radius 1 is 1.14 bits per heavy atom. The highest BCUT2D eigenvalue weighted by Crippen LogP contribution is 2.21. The molecule has 0 unspecified atom stereocenters. The second-order valence-corrected chi connectivity index (χ2v) is 3.64. The molecule has 0 atom stereocenters. The van der Waals surface area contributed by atoms with Gasteiger partial charge in [0.05, 0.1) is 6.20 Å². The van der Waals surface area contributed by atoms with Crippen molar-refractivity contribution >= 4 is 0 Å². The third-order valence-electron chi connectivity index (χ3n) is 2.29. The second kappa shape index (κ2) is 3.66. The van der Waals surface area contributed by atoms with Crippen molar-refractivity contribution in [1.82, 2.24) is 4.98 Å². The molecular formula is C12H13NO. The van der Waals surface area contributed by atoms with E-state index in [0.29, 0.717) is 5.92 Å². The molecule has 0 spiro atoms. The molecule has 1 aromatic heterocycles. The first kappa shape index (κ1) is 9.00. The molecule has 2 heteroatoms. The molecule has 0 amide bonds. The second-order valence-electron chi connectivity index (χ2n) is 3.64. The van der Waals surface area contributed by atoms with Gasteiger partial charge in [0.15, 0.2) is 12.2 Å². The van der Waals surface area contributed by atoms with E-state index >= 15 is 0 Å². The van der Waals surface area contributed by atoms with Crippen LogP contribution in [0.15, 0.2) is 41.3 Å². The van der Waals surface area contributed by atoms with Crippen LogP contribution in [0.1, 0.15) is 25.3 Å². The van der Waals surface area contributed by atoms with Gasteiger partial charge in [-0.2, -0.15) is 0 Å². The summed E-state index contributed by atoms with van der Waals surface area (Å²) in [5, 5.41) is 0. The summed E-state index contributed by atoms with van der Waals surface area (Å²) >= 11 is 0. The zero-order valence-corrected chi connectivity index (χ0v) is 8.40. The number of benzene rings is 1. The SMILES string of the molecule is CC(C)c1ccc(-c2cnco2)cc1. The van der Waals surface area contributed by atoms with Gasteiger partial charge in [-0.3, -0.25) is 0 Å². The van der Waals surface area contributed by atoms with Crippen molar-refractivity contribution in [2.75, 3.05) is 0 Å². The van der Waals surface area contributed by atoms with Crippen LogP contribution >= 0.6 is 0 Å². The summed E-state index contributed by atoms with van der Waals surface area (Å²) < 4.78 is 5.21. The molecule has 2 nitrogen and oxygen atoms in total. The fourth-order valence-electron chi connectivity index (χ4n) is 1.39. The van der Waals surface area contributed by atoms with Crippen molar-refractivity contribution in [3.63, 3.8) is 0 Å².